The highest BCUT2D eigenvalue weighted by atomic mass is 32.2. The summed E-state index contributed by atoms with van der Waals surface area (Å²) in [6.07, 6.45) is 0. The first kappa shape index (κ1) is 15.4. The Morgan fingerprint density at radius 2 is 1.81 bits per heavy atom. The van der Waals surface area contributed by atoms with Crippen molar-refractivity contribution in [2.24, 2.45) is 0 Å². The van der Waals surface area contributed by atoms with Gasteiger partial charge in [0.2, 0.25) is 0 Å². The van der Waals surface area contributed by atoms with Gasteiger partial charge in [-0.2, -0.15) is 0 Å². The van der Waals surface area contributed by atoms with Crippen molar-refractivity contribution >= 4 is 16.5 Å². The van der Waals surface area contributed by atoms with E-state index in [1.54, 1.807) is 14.2 Å². The maximum absolute atomic E-state index is 12.5. The smallest absolute Gasteiger partial charge is 0.161 e. The lowest BCUT2D eigenvalue weighted by atomic mass is 10.2. The van der Waals surface area contributed by atoms with E-state index in [0.717, 1.165) is 16.0 Å². The molecule has 0 aliphatic carbocycles. The highest BCUT2D eigenvalue weighted by molar-refractivity contribution is 7.84. The molecule has 2 N–H and O–H groups in total. The molecule has 0 radical (unpaired) electrons. The number of methoxy groups -OCH3 is 2. The number of hydrogen-bond acceptors (Lipinski definition) is 4. The second kappa shape index (κ2) is 6.63. The first-order valence-electron chi connectivity index (χ1n) is 6.51. The molecule has 21 heavy (non-hydrogen) atoms. The second-order valence-electron chi connectivity index (χ2n) is 4.65. The van der Waals surface area contributed by atoms with Gasteiger partial charge >= 0.3 is 0 Å². The van der Waals surface area contributed by atoms with Crippen LogP contribution < -0.4 is 15.2 Å². The van der Waals surface area contributed by atoms with E-state index in [4.69, 9.17) is 15.2 Å². The van der Waals surface area contributed by atoms with Crippen LogP contribution >= 0.6 is 0 Å². The Morgan fingerprint density at radius 1 is 1.10 bits per heavy atom. The van der Waals surface area contributed by atoms with E-state index < -0.39 is 10.8 Å². The first-order valence-corrected chi connectivity index (χ1v) is 7.83. The first-order chi connectivity index (χ1) is 10.1. The number of benzene rings is 2. The van der Waals surface area contributed by atoms with Crippen molar-refractivity contribution in [1.29, 1.82) is 0 Å². The Morgan fingerprint density at radius 3 is 2.48 bits per heavy atom. The predicted molar refractivity (Wildman–Crippen MR) is 85.2 cm³/mol. The van der Waals surface area contributed by atoms with Gasteiger partial charge in [-0.25, -0.2) is 0 Å². The number of anilines is 1. The van der Waals surface area contributed by atoms with E-state index in [-0.39, 0.29) is 0 Å². The molecule has 4 nitrogen and oxygen atoms in total. The van der Waals surface area contributed by atoms with Gasteiger partial charge < -0.3 is 15.2 Å². The largest absolute Gasteiger partial charge is 0.493 e. The summed E-state index contributed by atoms with van der Waals surface area (Å²) in [6.45, 7) is 1.89. The third-order valence-electron chi connectivity index (χ3n) is 3.32. The Bertz CT molecular complexity index is 671. The molecule has 0 spiro atoms. The molecule has 0 bridgehead atoms. The molecule has 1 unspecified atom stereocenters. The van der Waals surface area contributed by atoms with Gasteiger partial charge in [-0.3, -0.25) is 4.21 Å². The molecule has 2 aromatic rings. The van der Waals surface area contributed by atoms with E-state index in [1.807, 2.05) is 43.3 Å². The molecule has 5 heteroatoms. The van der Waals surface area contributed by atoms with Crippen LogP contribution in [0.4, 0.5) is 5.69 Å². The van der Waals surface area contributed by atoms with Gasteiger partial charge in [-0.1, -0.05) is 12.1 Å². The summed E-state index contributed by atoms with van der Waals surface area (Å²) >= 11 is 0. The number of rotatable bonds is 5. The van der Waals surface area contributed by atoms with Gasteiger partial charge in [0.15, 0.2) is 11.5 Å². The predicted octanol–water partition coefficient (Wildman–Crippen LogP) is 2.90. The maximum Gasteiger partial charge on any atom is 0.161 e. The van der Waals surface area contributed by atoms with E-state index in [1.165, 1.54) is 0 Å². The molecule has 1 atom stereocenters. The van der Waals surface area contributed by atoms with Gasteiger partial charge in [0, 0.05) is 10.6 Å². The zero-order valence-corrected chi connectivity index (χ0v) is 13.2. The van der Waals surface area contributed by atoms with Gasteiger partial charge in [0.1, 0.15) is 0 Å². The summed E-state index contributed by atoms with van der Waals surface area (Å²) in [6, 6.07) is 11.0. The molecule has 0 aliphatic rings. The minimum Gasteiger partial charge on any atom is -0.493 e. The monoisotopic (exact) mass is 305 g/mol. The highest BCUT2D eigenvalue weighted by Gasteiger charge is 2.12. The van der Waals surface area contributed by atoms with Crippen molar-refractivity contribution in [2.45, 2.75) is 17.6 Å². The van der Waals surface area contributed by atoms with Crippen molar-refractivity contribution in [3.8, 4) is 11.5 Å². The number of nitrogen functional groups attached to an aromatic ring is 1. The van der Waals surface area contributed by atoms with Crippen molar-refractivity contribution in [1.82, 2.24) is 0 Å². The van der Waals surface area contributed by atoms with Crippen molar-refractivity contribution in [2.75, 3.05) is 20.0 Å². The van der Waals surface area contributed by atoms with Crippen molar-refractivity contribution < 1.29 is 13.7 Å². The number of ether oxygens (including phenoxy) is 2. The topological polar surface area (TPSA) is 61.5 Å². The van der Waals surface area contributed by atoms with Gasteiger partial charge in [0.05, 0.1) is 30.8 Å². The Labute approximate surface area is 127 Å². The molecule has 0 saturated heterocycles. The normalized spacial score (nSPS) is 12.0. The summed E-state index contributed by atoms with van der Waals surface area (Å²) < 4.78 is 23.0. The summed E-state index contributed by atoms with van der Waals surface area (Å²) in [5.41, 5.74) is 8.32. The van der Waals surface area contributed by atoms with Gasteiger partial charge in [0.25, 0.3) is 0 Å². The van der Waals surface area contributed by atoms with Gasteiger partial charge in [-0.15, -0.1) is 0 Å². The van der Waals surface area contributed by atoms with E-state index in [9.17, 15) is 4.21 Å². The molecule has 0 amide bonds. The molecule has 0 aromatic heterocycles. The molecule has 112 valence electrons. The SMILES string of the molecule is COc1ccc(CS(=O)c2cccc(N)c2C)cc1OC. The van der Waals surface area contributed by atoms with Gasteiger partial charge in [-0.05, 0) is 42.3 Å². The fourth-order valence-corrected chi connectivity index (χ4v) is 3.41. The van der Waals surface area contributed by atoms with Crippen LogP contribution in [0.5, 0.6) is 11.5 Å². The van der Waals surface area contributed by atoms with E-state index in [0.29, 0.717) is 22.9 Å². The average molecular weight is 305 g/mol. The zero-order chi connectivity index (χ0) is 15.4. The fourth-order valence-electron chi connectivity index (χ4n) is 2.08. The van der Waals surface area contributed by atoms with E-state index in [2.05, 4.69) is 0 Å². The third kappa shape index (κ3) is 3.36. The van der Waals surface area contributed by atoms with Crippen LogP contribution in [0.1, 0.15) is 11.1 Å². The highest BCUT2D eigenvalue weighted by Crippen LogP contribution is 2.29. The lowest BCUT2D eigenvalue weighted by molar-refractivity contribution is 0.354. The Hall–Kier alpha value is -2.01. The summed E-state index contributed by atoms with van der Waals surface area (Å²) in [5.74, 6) is 1.70. The van der Waals surface area contributed by atoms with Crippen LogP contribution in [0.25, 0.3) is 0 Å². The maximum atomic E-state index is 12.5. The van der Waals surface area contributed by atoms with Crippen LogP contribution in [-0.2, 0) is 16.6 Å². The second-order valence-corrected chi connectivity index (χ2v) is 6.07. The minimum atomic E-state index is -1.15. The van der Waals surface area contributed by atoms with Crippen LogP contribution in [-0.4, -0.2) is 18.4 Å². The molecule has 0 saturated carbocycles. The molecule has 0 aliphatic heterocycles. The van der Waals surface area contributed by atoms with Crippen LogP contribution in [0.2, 0.25) is 0 Å². The molecule has 0 heterocycles. The third-order valence-corrected chi connectivity index (χ3v) is 4.85. The Balaban J connectivity index is 2.25. The standard InChI is InChI=1S/C16H19NO3S/c1-11-13(17)5-4-6-16(11)21(18)10-12-7-8-14(19-2)15(9-12)20-3/h4-9H,10,17H2,1-3H3. The van der Waals surface area contributed by atoms with Crippen LogP contribution in [0, 0.1) is 6.92 Å². The quantitative estimate of drug-likeness (QED) is 0.863. The Kier molecular flexibility index (Phi) is 4.85. The number of hydrogen-bond donors (Lipinski definition) is 1. The lowest BCUT2D eigenvalue weighted by Gasteiger charge is -2.11. The molecule has 0 fully saturated rings. The number of nitrogens with two attached hydrogens (primary N) is 1. The molecular formula is C16H19NO3S. The van der Waals surface area contributed by atoms with E-state index >= 15 is 0 Å². The van der Waals surface area contributed by atoms with Crippen molar-refractivity contribution in [3.63, 3.8) is 0 Å². The summed E-state index contributed by atoms with van der Waals surface area (Å²) in [5, 5.41) is 0. The fraction of sp³-hybridized carbons (Fsp3) is 0.250. The van der Waals surface area contributed by atoms with Crippen LogP contribution in [0.3, 0.4) is 0 Å². The lowest BCUT2D eigenvalue weighted by Crippen LogP contribution is -2.02. The zero-order valence-electron chi connectivity index (χ0n) is 12.4. The summed E-state index contributed by atoms with van der Waals surface area (Å²) in [4.78, 5) is 0.768. The average Bonchev–Trinajstić information content (AvgIpc) is 2.49. The van der Waals surface area contributed by atoms with Crippen LogP contribution in [0.15, 0.2) is 41.3 Å². The molecule has 2 aromatic carbocycles. The molecular weight excluding hydrogens is 286 g/mol. The minimum absolute atomic E-state index is 0.407. The summed E-state index contributed by atoms with van der Waals surface area (Å²) in [7, 11) is 2.02. The molecule has 2 rings (SSSR count). The van der Waals surface area contributed by atoms with Crippen molar-refractivity contribution in [3.05, 3.63) is 47.5 Å².